The van der Waals surface area contributed by atoms with Crippen LogP contribution in [-0.2, 0) is 4.79 Å². The largest absolute Gasteiger partial charge is 0.480 e. The minimum absolute atomic E-state index is 0.0301. The van der Waals surface area contributed by atoms with E-state index in [1.165, 1.54) is 0 Å². The van der Waals surface area contributed by atoms with Crippen molar-refractivity contribution in [3.63, 3.8) is 0 Å². The summed E-state index contributed by atoms with van der Waals surface area (Å²) >= 11 is 0. The van der Waals surface area contributed by atoms with Crippen LogP contribution in [-0.4, -0.2) is 17.1 Å². The van der Waals surface area contributed by atoms with Gasteiger partial charge in [0.05, 0.1) is 0 Å². The molecule has 0 fully saturated rings. The van der Waals surface area contributed by atoms with Gasteiger partial charge in [-0.25, -0.2) is 0 Å². The van der Waals surface area contributed by atoms with Crippen molar-refractivity contribution in [2.24, 2.45) is 17.1 Å². The summed E-state index contributed by atoms with van der Waals surface area (Å²) in [7, 11) is 0. The first-order valence-electron chi connectivity index (χ1n) is 4.22. The van der Waals surface area contributed by atoms with Gasteiger partial charge in [-0.2, -0.15) is 0 Å². The van der Waals surface area contributed by atoms with Crippen molar-refractivity contribution in [3.05, 3.63) is 0 Å². The lowest BCUT2D eigenvalue weighted by Crippen LogP contribution is -2.38. The summed E-state index contributed by atoms with van der Waals surface area (Å²) in [5.74, 6) is -0.880. The average Bonchev–Trinajstić information content (AvgIpc) is 1.82. The molecule has 0 aliphatic heterocycles. The normalized spacial score (nSPS) is 17.1. The summed E-state index contributed by atoms with van der Waals surface area (Å²) in [6.07, 6.45) is 0.834. The van der Waals surface area contributed by atoms with Gasteiger partial charge in [0.15, 0.2) is 0 Å². The van der Waals surface area contributed by atoms with Crippen LogP contribution in [0.2, 0.25) is 0 Å². The molecule has 3 heteroatoms. The molecule has 0 heterocycles. The number of rotatable bonds is 3. The Morgan fingerprint density at radius 2 is 1.92 bits per heavy atom. The number of hydrogen-bond acceptors (Lipinski definition) is 2. The summed E-state index contributed by atoms with van der Waals surface area (Å²) in [5.41, 5.74) is 5.61. The van der Waals surface area contributed by atoms with E-state index < -0.39 is 12.0 Å². The molecule has 0 radical (unpaired) electrons. The van der Waals surface area contributed by atoms with E-state index in [9.17, 15) is 4.79 Å². The van der Waals surface area contributed by atoms with Crippen LogP contribution in [0, 0.1) is 11.3 Å². The van der Waals surface area contributed by atoms with Gasteiger partial charge in [0, 0.05) is 0 Å². The molecular weight excluding hydrogens is 154 g/mol. The molecule has 0 aliphatic carbocycles. The Kier molecular flexibility index (Phi) is 3.71. The van der Waals surface area contributed by atoms with Gasteiger partial charge in [-0.3, -0.25) is 4.79 Å². The van der Waals surface area contributed by atoms with Crippen LogP contribution in [0.15, 0.2) is 0 Å². The first-order valence-corrected chi connectivity index (χ1v) is 4.22. The third kappa shape index (κ3) is 4.34. The van der Waals surface area contributed by atoms with E-state index >= 15 is 0 Å². The van der Waals surface area contributed by atoms with Gasteiger partial charge in [0.25, 0.3) is 0 Å². The number of carboxylic acid groups (broad SMARTS) is 1. The molecule has 3 nitrogen and oxygen atoms in total. The van der Waals surface area contributed by atoms with Gasteiger partial charge in [-0.1, -0.05) is 27.7 Å². The molecule has 0 aromatic carbocycles. The van der Waals surface area contributed by atoms with Gasteiger partial charge in [0.2, 0.25) is 0 Å². The minimum atomic E-state index is -0.910. The molecule has 2 atom stereocenters. The lowest BCUT2D eigenvalue weighted by Gasteiger charge is -2.25. The number of nitrogens with two attached hydrogens (primary N) is 1. The highest BCUT2D eigenvalue weighted by Gasteiger charge is 2.24. The maximum absolute atomic E-state index is 10.5. The minimum Gasteiger partial charge on any atom is -0.480 e. The SMILES string of the molecule is CC(CC(C)(C)C)[C@@H](N)C(=O)O. The molecule has 0 saturated carbocycles. The number of aliphatic carboxylic acids is 1. The molecule has 0 bridgehead atoms. The van der Waals surface area contributed by atoms with Crippen molar-refractivity contribution in [2.75, 3.05) is 0 Å². The summed E-state index contributed by atoms with van der Waals surface area (Å²) in [6, 6.07) is -0.732. The van der Waals surface area contributed by atoms with Crippen LogP contribution in [0.3, 0.4) is 0 Å². The molecule has 0 spiro atoms. The van der Waals surface area contributed by atoms with Crippen molar-refractivity contribution in [1.82, 2.24) is 0 Å². The van der Waals surface area contributed by atoms with Crippen molar-refractivity contribution in [2.45, 2.75) is 40.2 Å². The van der Waals surface area contributed by atoms with Gasteiger partial charge in [-0.15, -0.1) is 0 Å². The lowest BCUT2D eigenvalue weighted by atomic mass is 9.82. The Bertz CT molecular complexity index is 160. The highest BCUT2D eigenvalue weighted by molar-refractivity contribution is 5.73. The molecule has 3 N–H and O–H groups in total. The third-order valence-electron chi connectivity index (χ3n) is 1.83. The van der Waals surface area contributed by atoms with E-state index in [1.807, 2.05) is 6.92 Å². The Morgan fingerprint density at radius 3 is 2.17 bits per heavy atom. The molecule has 0 aromatic heterocycles. The molecule has 0 aromatic rings. The summed E-state index contributed by atoms with van der Waals surface area (Å²) in [5, 5.41) is 8.62. The standard InChI is InChI=1S/C9H19NO2/c1-6(5-9(2,3)4)7(10)8(11)12/h6-7H,5,10H2,1-4H3,(H,11,12)/t6?,7-/m1/s1. The van der Waals surface area contributed by atoms with Gasteiger partial charge < -0.3 is 10.8 Å². The van der Waals surface area contributed by atoms with Gasteiger partial charge >= 0.3 is 5.97 Å². The second kappa shape index (κ2) is 3.90. The fraction of sp³-hybridized carbons (Fsp3) is 0.889. The molecule has 1 unspecified atom stereocenters. The number of carbonyl (C=O) groups is 1. The Hall–Kier alpha value is -0.570. The zero-order valence-corrected chi connectivity index (χ0v) is 8.29. The first-order chi connectivity index (χ1) is 5.24. The summed E-state index contributed by atoms with van der Waals surface area (Å²) in [4.78, 5) is 10.5. The Balaban J connectivity index is 4.04. The Labute approximate surface area is 74.0 Å². The maximum atomic E-state index is 10.5. The predicted octanol–water partition coefficient (Wildman–Crippen LogP) is 1.47. The monoisotopic (exact) mass is 173 g/mol. The fourth-order valence-electron chi connectivity index (χ4n) is 1.34. The molecule has 0 rings (SSSR count). The zero-order valence-electron chi connectivity index (χ0n) is 8.29. The van der Waals surface area contributed by atoms with Crippen LogP contribution < -0.4 is 5.73 Å². The second-order valence-corrected chi connectivity index (χ2v) is 4.61. The smallest absolute Gasteiger partial charge is 0.320 e. The van der Waals surface area contributed by atoms with Crippen LogP contribution >= 0.6 is 0 Å². The van der Waals surface area contributed by atoms with E-state index in [-0.39, 0.29) is 11.3 Å². The van der Waals surface area contributed by atoms with E-state index in [2.05, 4.69) is 20.8 Å². The molecule has 0 aliphatic rings. The van der Waals surface area contributed by atoms with Crippen molar-refractivity contribution in [3.8, 4) is 0 Å². The molecular formula is C9H19NO2. The van der Waals surface area contributed by atoms with Crippen LogP contribution in [0.25, 0.3) is 0 Å². The molecule has 0 saturated heterocycles. The predicted molar refractivity (Wildman–Crippen MR) is 48.8 cm³/mol. The number of carboxylic acids is 1. The topological polar surface area (TPSA) is 63.3 Å². The van der Waals surface area contributed by atoms with E-state index in [4.69, 9.17) is 10.8 Å². The van der Waals surface area contributed by atoms with E-state index in [0.29, 0.717) is 0 Å². The third-order valence-corrected chi connectivity index (χ3v) is 1.83. The Morgan fingerprint density at radius 1 is 1.50 bits per heavy atom. The summed E-state index contributed by atoms with van der Waals surface area (Å²) < 4.78 is 0. The average molecular weight is 173 g/mol. The quantitative estimate of drug-likeness (QED) is 0.679. The fourth-order valence-corrected chi connectivity index (χ4v) is 1.34. The number of hydrogen-bond donors (Lipinski definition) is 2. The zero-order chi connectivity index (χ0) is 9.94. The van der Waals surface area contributed by atoms with E-state index in [1.54, 1.807) is 0 Å². The highest BCUT2D eigenvalue weighted by atomic mass is 16.4. The van der Waals surface area contributed by atoms with Gasteiger partial charge in [-0.05, 0) is 17.8 Å². The van der Waals surface area contributed by atoms with Crippen LogP contribution in [0.1, 0.15) is 34.1 Å². The van der Waals surface area contributed by atoms with Gasteiger partial charge in [0.1, 0.15) is 6.04 Å². The van der Waals surface area contributed by atoms with E-state index in [0.717, 1.165) is 6.42 Å². The van der Waals surface area contributed by atoms with Crippen LogP contribution in [0.4, 0.5) is 0 Å². The maximum Gasteiger partial charge on any atom is 0.320 e. The molecule has 0 amide bonds. The lowest BCUT2D eigenvalue weighted by molar-refractivity contribution is -0.139. The first kappa shape index (κ1) is 11.4. The molecule has 12 heavy (non-hydrogen) atoms. The summed E-state index contributed by atoms with van der Waals surface area (Å²) in [6.45, 7) is 8.12. The second-order valence-electron chi connectivity index (χ2n) is 4.61. The van der Waals surface area contributed by atoms with Crippen molar-refractivity contribution < 1.29 is 9.90 Å². The van der Waals surface area contributed by atoms with Crippen molar-refractivity contribution >= 4 is 5.97 Å². The highest BCUT2D eigenvalue weighted by Crippen LogP contribution is 2.25. The molecule has 72 valence electrons. The van der Waals surface area contributed by atoms with Crippen LogP contribution in [0.5, 0.6) is 0 Å². The van der Waals surface area contributed by atoms with Crippen molar-refractivity contribution in [1.29, 1.82) is 0 Å².